The number of nitrogens with one attached hydrogen (secondary N) is 1. The molecule has 1 aromatic heterocycles. The van der Waals surface area contributed by atoms with Gasteiger partial charge in [0.1, 0.15) is 5.82 Å². The Morgan fingerprint density at radius 2 is 2.10 bits per heavy atom. The van der Waals surface area contributed by atoms with Gasteiger partial charge in [-0.3, -0.25) is 4.79 Å². The van der Waals surface area contributed by atoms with E-state index in [2.05, 4.69) is 10.3 Å². The number of aliphatic hydroxyl groups excluding tert-OH is 1. The number of hydrogen-bond acceptors (Lipinski definition) is 4. The predicted molar refractivity (Wildman–Crippen MR) is 81.0 cm³/mol. The van der Waals surface area contributed by atoms with Crippen molar-refractivity contribution in [3.63, 3.8) is 0 Å². The molecule has 1 aromatic rings. The summed E-state index contributed by atoms with van der Waals surface area (Å²) in [5.41, 5.74) is 1.51. The lowest BCUT2D eigenvalue weighted by Crippen LogP contribution is -2.39. The average molecular weight is 279 g/mol. The molecule has 0 fully saturated rings. The predicted octanol–water partition coefficient (Wildman–Crippen LogP) is 1.92. The van der Waals surface area contributed by atoms with Gasteiger partial charge in [-0.05, 0) is 39.3 Å². The monoisotopic (exact) mass is 279 g/mol. The molecule has 1 heterocycles. The highest BCUT2D eigenvalue weighted by atomic mass is 16.3. The van der Waals surface area contributed by atoms with Gasteiger partial charge in [0.2, 0.25) is 0 Å². The molecule has 0 atom stereocenters. The highest BCUT2D eigenvalue weighted by molar-refractivity contribution is 5.95. The molecule has 0 unspecified atom stereocenters. The van der Waals surface area contributed by atoms with Gasteiger partial charge in [-0.1, -0.05) is 6.92 Å². The molecule has 0 aliphatic rings. The van der Waals surface area contributed by atoms with E-state index in [1.165, 1.54) is 0 Å². The van der Waals surface area contributed by atoms with Gasteiger partial charge in [0, 0.05) is 30.4 Å². The van der Waals surface area contributed by atoms with Gasteiger partial charge >= 0.3 is 0 Å². The molecular weight excluding hydrogens is 254 g/mol. The zero-order valence-electron chi connectivity index (χ0n) is 12.8. The van der Waals surface area contributed by atoms with Crippen molar-refractivity contribution in [3.8, 4) is 0 Å². The number of amides is 1. The summed E-state index contributed by atoms with van der Waals surface area (Å²) in [4.78, 5) is 18.7. The van der Waals surface area contributed by atoms with Crippen molar-refractivity contribution >= 4 is 11.7 Å². The fourth-order valence-electron chi connectivity index (χ4n) is 2.03. The quantitative estimate of drug-likeness (QED) is 0.800. The molecule has 0 aliphatic heterocycles. The summed E-state index contributed by atoms with van der Waals surface area (Å²) in [6.07, 6.45) is 0.779. The van der Waals surface area contributed by atoms with E-state index in [1.54, 1.807) is 11.0 Å². The van der Waals surface area contributed by atoms with Gasteiger partial charge in [-0.2, -0.15) is 0 Å². The minimum Gasteiger partial charge on any atom is -0.395 e. The third-order valence-electron chi connectivity index (χ3n) is 3.07. The number of carbonyl (C=O) groups excluding carboxylic acids is 1. The first-order valence-corrected chi connectivity index (χ1v) is 7.20. The number of rotatable bonds is 7. The fourth-order valence-corrected chi connectivity index (χ4v) is 2.03. The number of aliphatic hydroxyl groups is 1. The van der Waals surface area contributed by atoms with Crippen molar-refractivity contribution < 1.29 is 9.90 Å². The van der Waals surface area contributed by atoms with Gasteiger partial charge in [0.25, 0.3) is 5.91 Å². The van der Waals surface area contributed by atoms with E-state index in [0.29, 0.717) is 12.1 Å². The first kappa shape index (κ1) is 16.4. The molecule has 0 aromatic carbocycles. The SMILES string of the molecule is CCNc1cc(C(=O)N(CCO)C(C)C)cc(CC)n1. The van der Waals surface area contributed by atoms with Crippen molar-refractivity contribution in [2.45, 2.75) is 40.2 Å². The van der Waals surface area contributed by atoms with Crippen LogP contribution in [-0.2, 0) is 6.42 Å². The largest absolute Gasteiger partial charge is 0.395 e. The van der Waals surface area contributed by atoms with Crippen LogP contribution in [0.1, 0.15) is 43.7 Å². The standard InChI is InChI=1S/C15H25N3O2/c1-5-13-9-12(10-14(17-13)16-6-2)15(20)18(7-8-19)11(3)4/h9-11,19H,5-8H2,1-4H3,(H,16,17). The Hall–Kier alpha value is -1.62. The highest BCUT2D eigenvalue weighted by Gasteiger charge is 2.19. The number of aromatic nitrogens is 1. The molecule has 1 rings (SSSR count). The Kier molecular flexibility index (Phi) is 6.45. The maximum Gasteiger partial charge on any atom is 0.254 e. The molecule has 5 heteroatoms. The molecule has 0 aliphatic carbocycles. The topological polar surface area (TPSA) is 65.5 Å². The molecule has 0 bridgehead atoms. The van der Waals surface area contributed by atoms with Crippen molar-refractivity contribution in [3.05, 3.63) is 23.4 Å². The van der Waals surface area contributed by atoms with E-state index in [4.69, 9.17) is 5.11 Å². The molecule has 0 saturated heterocycles. The molecule has 0 saturated carbocycles. The van der Waals surface area contributed by atoms with Crippen molar-refractivity contribution in [1.82, 2.24) is 9.88 Å². The van der Waals surface area contributed by atoms with Crippen LogP contribution in [0.25, 0.3) is 0 Å². The molecule has 5 nitrogen and oxygen atoms in total. The molecule has 20 heavy (non-hydrogen) atoms. The zero-order chi connectivity index (χ0) is 15.1. The van der Waals surface area contributed by atoms with Crippen LogP contribution in [0.5, 0.6) is 0 Å². The first-order valence-electron chi connectivity index (χ1n) is 7.20. The van der Waals surface area contributed by atoms with Crippen LogP contribution in [0.3, 0.4) is 0 Å². The van der Waals surface area contributed by atoms with Gasteiger partial charge in [0.05, 0.1) is 6.61 Å². The molecule has 1 amide bonds. The Morgan fingerprint density at radius 3 is 2.60 bits per heavy atom. The average Bonchev–Trinajstić information content (AvgIpc) is 2.43. The van der Waals surface area contributed by atoms with E-state index in [-0.39, 0.29) is 18.6 Å². The highest BCUT2D eigenvalue weighted by Crippen LogP contribution is 2.15. The van der Waals surface area contributed by atoms with Crippen LogP contribution in [0.15, 0.2) is 12.1 Å². The molecule has 0 radical (unpaired) electrons. The number of pyridine rings is 1. The van der Waals surface area contributed by atoms with E-state index >= 15 is 0 Å². The molecule has 112 valence electrons. The van der Waals surface area contributed by atoms with Crippen molar-refractivity contribution in [2.75, 3.05) is 25.0 Å². The Bertz CT molecular complexity index is 447. The second kappa shape index (κ2) is 7.85. The minimum atomic E-state index is -0.0645. The maximum atomic E-state index is 12.6. The van der Waals surface area contributed by atoms with Crippen LogP contribution in [0, 0.1) is 0 Å². The van der Waals surface area contributed by atoms with Gasteiger partial charge in [0.15, 0.2) is 0 Å². The Balaban J connectivity index is 3.09. The van der Waals surface area contributed by atoms with Crippen LogP contribution >= 0.6 is 0 Å². The summed E-state index contributed by atoms with van der Waals surface area (Å²) >= 11 is 0. The minimum absolute atomic E-state index is 0.0320. The van der Waals surface area contributed by atoms with E-state index in [1.807, 2.05) is 33.8 Å². The number of nitrogens with zero attached hydrogens (tertiary/aromatic N) is 2. The summed E-state index contributed by atoms with van der Waals surface area (Å²) in [6.45, 7) is 8.97. The summed E-state index contributed by atoms with van der Waals surface area (Å²) in [6, 6.07) is 3.66. The number of anilines is 1. The fraction of sp³-hybridized carbons (Fsp3) is 0.600. The molecule has 2 N–H and O–H groups in total. The van der Waals surface area contributed by atoms with Crippen LogP contribution in [0.2, 0.25) is 0 Å². The number of aryl methyl sites for hydroxylation is 1. The normalized spacial score (nSPS) is 10.7. The van der Waals surface area contributed by atoms with Gasteiger partial charge in [-0.15, -0.1) is 0 Å². The molecule has 0 spiro atoms. The summed E-state index contributed by atoms with van der Waals surface area (Å²) < 4.78 is 0. The van der Waals surface area contributed by atoms with E-state index < -0.39 is 0 Å². The van der Waals surface area contributed by atoms with Gasteiger partial charge < -0.3 is 15.3 Å². The van der Waals surface area contributed by atoms with Crippen LogP contribution in [0.4, 0.5) is 5.82 Å². The second-order valence-electron chi connectivity index (χ2n) is 4.93. The van der Waals surface area contributed by atoms with Crippen molar-refractivity contribution in [1.29, 1.82) is 0 Å². The lowest BCUT2D eigenvalue weighted by Gasteiger charge is -2.26. The second-order valence-corrected chi connectivity index (χ2v) is 4.93. The smallest absolute Gasteiger partial charge is 0.254 e. The molecular formula is C15H25N3O2. The first-order chi connectivity index (χ1) is 9.53. The van der Waals surface area contributed by atoms with E-state index in [9.17, 15) is 4.79 Å². The van der Waals surface area contributed by atoms with Crippen molar-refractivity contribution in [2.24, 2.45) is 0 Å². The Labute approximate surface area is 121 Å². The third kappa shape index (κ3) is 4.20. The lowest BCUT2D eigenvalue weighted by atomic mass is 10.1. The van der Waals surface area contributed by atoms with Crippen LogP contribution in [-0.4, -0.2) is 46.6 Å². The third-order valence-corrected chi connectivity index (χ3v) is 3.07. The summed E-state index contributed by atoms with van der Waals surface area (Å²) in [7, 11) is 0. The number of hydrogen-bond donors (Lipinski definition) is 2. The van der Waals surface area contributed by atoms with Crippen LogP contribution < -0.4 is 5.32 Å². The van der Waals surface area contributed by atoms with E-state index in [0.717, 1.165) is 24.5 Å². The number of carbonyl (C=O) groups is 1. The maximum absolute atomic E-state index is 12.6. The zero-order valence-corrected chi connectivity index (χ0v) is 12.8. The summed E-state index contributed by atoms with van der Waals surface area (Å²) in [5.74, 6) is 0.660. The summed E-state index contributed by atoms with van der Waals surface area (Å²) in [5, 5.41) is 12.2. The van der Waals surface area contributed by atoms with Gasteiger partial charge in [-0.25, -0.2) is 4.98 Å². The Morgan fingerprint density at radius 1 is 1.40 bits per heavy atom. The lowest BCUT2D eigenvalue weighted by molar-refractivity contribution is 0.0665.